The molecule has 0 amide bonds. The standard InChI is InChI=1S/C10H21NO7/c12-2-5(3-13)11-6-1-10(18,4-14)9(17)8(16)7(6)15/h5-9,11-18H,1-4H2/t6-,7?,8+,9-,10?/m1/s1. The molecule has 1 saturated carbocycles. The zero-order chi connectivity index (χ0) is 13.9. The summed E-state index contributed by atoms with van der Waals surface area (Å²) in [6.45, 7) is -1.56. The van der Waals surface area contributed by atoms with Gasteiger partial charge in [0.05, 0.1) is 32.0 Å². The highest BCUT2D eigenvalue weighted by Crippen LogP contribution is 2.29. The van der Waals surface area contributed by atoms with Gasteiger partial charge < -0.3 is 41.1 Å². The van der Waals surface area contributed by atoms with Crippen LogP contribution in [-0.4, -0.2) is 91.6 Å². The summed E-state index contributed by atoms with van der Waals surface area (Å²) < 4.78 is 0. The Hall–Kier alpha value is -0.320. The largest absolute Gasteiger partial charge is 0.395 e. The van der Waals surface area contributed by atoms with Gasteiger partial charge in [-0.2, -0.15) is 0 Å². The van der Waals surface area contributed by atoms with Crippen molar-refractivity contribution < 1.29 is 35.7 Å². The molecule has 18 heavy (non-hydrogen) atoms. The summed E-state index contributed by atoms with van der Waals surface area (Å²) in [6.07, 6.45) is -4.91. The van der Waals surface area contributed by atoms with Crippen molar-refractivity contribution in [1.82, 2.24) is 5.32 Å². The molecule has 2 unspecified atom stereocenters. The van der Waals surface area contributed by atoms with Gasteiger partial charge in [-0.05, 0) is 6.42 Å². The lowest BCUT2D eigenvalue weighted by atomic mass is 9.76. The summed E-state index contributed by atoms with van der Waals surface area (Å²) in [4.78, 5) is 0. The Morgan fingerprint density at radius 1 is 1.06 bits per heavy atom. The van der Waals surface area contributed by atoms with Crippen molar-refractivity contribution in [3.05, 3.63) is 0 Å². The van der Waals surface area contributed by atoms with Gasteiger partial charge in [-0.25, -0.2) is 0 Å². The normalized spacial score (nSPS) is 41.3. The van der Waals surface area contributed by atoms with Crippen LogP contribution in [0.5, 0.6) is 0 Å². The van der Waals surface area contributed by atoms with E-state index in [2.05, 4.69) is 5.32 Å². The van der Waals surface area contributed by atoms with Gasteiger partial charge in [0.25, 0.3) is 0 Å². The molecule has 0 aliphatic heterocycles. The Labute approximate surface area is 104 Å². The number of hydrogen-bond acceptors (Lipinski definition) is 8. The van der Waals surface area contributed by atoms with Gasteiger partial charge >= 0.3 is 0 Å². The number of rotatable bonds is 5. The SMILES string of the molecule is OCC(CO)N[C@@H]1CC(O)(CO)[C@H](O)[C@@H](O)C1O. The summed E-state index contributed by atoms with van der Waals surface area (Å²) in [5.41, 5.74) is -1.94. The monoisotopic (exact) mass is 267 g/mol. The molecule has 8 heteroatoms. The lowest BCUT2D eigenvalue weighted by Crippen LogP contribution is -2.68. The zero-order valence-corrected chi connectivity index (χ0v) is 9.85. The molecular weight excluding hydrogens is 246 g/mol. The third-order valence-electron chi connectivity index (χ3n) is 3.37. The Balaban J connectivity index is 2.79. The highest BCUT2D eigenvalue weighted by molar-refractivity contribution is 5.05. The van der Waals surface area contributed by atoms with E-state index < -0.39 is 55.8 Å². The topological polar surface area (TPSA) is 154 Å². The molecule has 8 N–H and O–H groups in total. The summed E-state index contributed by atoms with van der Waals surface area (Å²) in [5.74, 6) is 0. The van der Waals surface area contributed by atoms with Crippen LogP contribution >= 0.6 is 0 Å². The van der Waals surface area contributed by atoms with E-state index >= 15 is 0 Å². The number of nitrogens with one attached hydrogen (secondary N) is 1. The van der Waals surface area contributed by atoms with Gasteiger partial charge in [-0.15, -0.1) is 0 Å². The molecule has 0 aromatic carbocycles. The first-order chi connectivity index (χ1) is 8.39. The van der Waals surface area contributed by atoms with Gasteiger partial charge in [-0.1, -0.05) is 0 Å². The van der Waals surface area contributed by atoms with Crippen molar-refractivity contribution in [2.45, 2.75) is 42.4 Å². The molecule has 0 bridgehead atoms. The third kappa shape index (κ3) is 2.98. The Kier molecular flexibility index (Phi) is 5.44. The van der Waals surface area contributed by atoms with E-state index in [-0.39, 0.29) is 6.42 Å². The maximum absolute atomic E-state index is 9.93. The van der Waals surface area contributed by atoms with Crippen molar-refractivity contribution in [2.75, 3.05) is 19.8 Å². The minimum atomic E-state index is -1.94. The lowest BCUT2D eigenvalue weighted by Gasteiger charge is -2.46. The van der Waals surface area contributed by atoms with Crippen molar-refractivity contribution in [1.29, 1.82) is 0 Å². The minimum Gasteiger partial charge on any atom is -0.395 e. The fraction of sp³-hybridized carbons (Fsp3) is 1.00. The number of hydrogen-bond donors (Lipinski definition) is 8. The van der Waals surface area contributed by atoms with Gasteiger partial charge in [0.2, 0.25) is 0 Å². The van der Waals surface area contributed by atoms with E-state index in [0.717, 1.165) is 0 Å². The maximum Gasteiger partial charge on any atom is 0.118 e. The van der Waals surface area contributed by atoms with Gasteiger partial charge in [0.1, 0.15) is 17.8 Å². The number of aliphatic hydroxyl groups is 7. The lowest BCUT2D eigenvalue weighted by molar-refractivity contribution is -0.207. The molecule has 0 saturated heterocycles. The van der Waals surface area contributed by atoms with Crippen LogP contribution in [0.15, 0.2) is 0 Å². The van der Waals surface area contributed by atoms with Crippen molar-refractivity contribution in [3.63, 3.8) is 0 Å². The van der Waals surface area contributed by atoms with E-state index in [1.54, 1.807) is 0 Å². The van der Waals surface area contributed by atoms with Crippen LogP contribution in [0.3, 0.4) is 0 Å². The summed E-state index contributed by atoms with van der Waals surface area (Å²) in [5, 5.41) is 68.4. The molecule has 108 valence electrons. The molecule has 1 fully saturated rings. The van der Waals surface area contributed by atoms with Crippen LogP contribution in [0, 0.1) is 0 Å². The summed E-state index contributed by atoms with van der Waals surface area (Å²) in [6, 6.07) is -1.60. The average Bonchev–Trinajstić information content (AvgIpc) is 2.39. The molecule has 0 spiro atoms. The molecule has 1 aliphatic carbocycles. The summed E-state index contributed by atoms with van der Waals surface area (Å²) in [7, 11) is 0. The first-order valence-corrected chi connectivity index (χ1v) is 5.74. The Bertz CT molecular complexity index is 263. The van der Waals surface area contributed by atoms with Crippen LogP contribution in [0.1, 0.15) is 6.42 Å². The average molecular weight is 267 g/mol. The van der Waals surface area contributed by atoms with Crippen LogP contribution in [0.2, 0.25) is 0 Å². The Morgan fingerprint density at radius 2 is 1.61 bits per heavy atom. The van der Waals surface area contributed by atoms with Crippen molar-refractivity contribution in [3.8, 4) is 0 Å². The van der Waals surface area contributed by atoms with Crippen LogP contribution < -0.4 is 5.32 Å². The smallest absolute Gasteiger partial charge is 0.118 e. The fourth-order valence-corrected chi connectivity index (χ4v) is 2.15. The van der Waals surface area contributed by atoms with Gasteiger partial charge in [-0.3, -0.25) is 0 Å². The molecular formula is C10H21NO7. The molecule has 0 heterocycles. The molecule has 0 aromatic rings. The first-order valence-electron chi connectivity index (χ1n) is 5.74. The van der Waals surface area contributed by atoms with Crippen molar-refractivity contribution in [2.24, 2.45) is 0 Å². The van der Waals surface area contributed by atoms with Crippen LogP contribution in [-0.2, 0) is 0 Å². The molecule has 1 aliphatic rings. The van der Waals surface area contributed by atoms with Crippen molar-refractivity contribution >= 4 is 0 Å². The number of aliphatic hydroxyl groups excluding tert-OH is 6. The third-order valence-corrected chi connectivity index (χ3v) is 3.37. The predicted molar refractivity (Wildman–Crippen MR) is 59.6 cm³/mol. The molecule has 1 rings (SSSR count). The second kappa shape index (κ2) is 6.22. The van der Waals surface area contributed by atoms with Crippen LogP contribution in [0.4, 0.5) is 0 Å². The summed E-state index contributed by atoms with van der Waals surface area (Å²) >= 11 is 0. The van der Waals surface area contributed by atoms with Crippen LogP contribution in [0.25, 0.3) is 0 Å². The molecule has 0 radical (unpaired) electrons. The zero-order valence-electron chi connectivity index (χ0n) is 9.85. The van der Waals surface area contributed by atoms with Gasteiger partial charge in [0, 0.05) is 6.04 Å². The molecule has 5 atom stereocenters. The van der Waals surface area contributed by atoms with E-state index in [1.165, 1.54) is 0 Å². The second-order valence-electron chi connectivity index (χ2n) is 4.73. The van der Waals surface area contributed by atoms with E-state index in [9.17, 15) is 20.4 Å². The first kappa shape index (κ1) is 15.7. The highest BCUT2D eigenvalue weighted by Gasteiger charge is 2.51. The van der Waals surface area contributed by atoms with Gasteiger partial charge in [0.15, 0.2) is 0 Å². The maximum atomic E-state index is 9.93. The van der Waals surface area contributed by atoms with E-state index in [4.69, 9.17) is 15.3 Å². The Morgan fingerprint density at radius 3 is 2.06 bits per heavy atom. The second-order valence-corrected chi connectivity index (χ2v) is 4.73. The fourth-order valence-electron chi connectivity index (χ4n) is 2.15. The highest BCUT2D eigenvalue weighted by atomic mass is 16.4. The van der Waals surface area contributed by atoms with E-state index in [0.29, 0.717) is 0 Å². The molecule has 8 nitrogen and oxygen atoms in total. The van der Waals surface area contributed by atoms with E-state index in [1.807, 2.05) is 0 Å². The quantitative estimate of drug-likeness (QED) is 0.248. The molecule has 0 aromatic heterocycles. The predicted octanol–water partition coefficient (Wildman–Crippen LogP) is -4.49. The minimum absolute atomic E-state index is 0.223.